The van der Waals surface area contributed by atoms with E-state index in [1.165, 1.54) is 25.3 Å². The maximum atomic E-state index is 15.4. The molecule has 280 valence electrons. The third-order valence-corrected chi connectivity index (χ3v) is 13.4. The van der Waals surface area contributed by atoms with E-state index in [0.29, 0.717) is 10.0 Å². The van der Waals surface area contributed by atoms with Crippen LogP contribution in [0.15, 0.2) is 71.1 Å². The van der Waals surface area contributed by atoms with Gasteiger partial charge in [-0.1, -0.05) is 82.1 Å². The number of anilines is 1. The summed E-state index contributed by atoms with van der Waals surface area (Å²) in [5.41, 5.74) is 5.93. The van der Waals surface area contributed by atoms with Crippen LogP contribution in [0.1, 0.15) is 81.4 Å². The highest BCUT2D eigenvalue weighted by atomic mass is 35.5. The van der Waals surface area contributed by atoms with E-state index in [9.17, 15) is 23.7 Å². The first-order valence-corrected chi connectivity index (χ1v) is 19.4. The van der Waals surface area contributed by atoms with Gasteiger partial charge in [-0.25, -0.2) is 13.8 Å². The largest absolute Gasteiger partial charge is 0.495 e. The Morgan fingerprint density at radius 1 is 1.02 bits per heavy atom. The molecule has 1 unspecified atom stereocenters. The van der Waals surface area contributed by atoms with Gasteiger partial charge in [0, 0.05) is 33.2 Å². The zero-order chi connectivity index (χ0) is 38.7. The third kappa shape index (κ3) is 8.56. The lowest BCUT2D eigenvalue weighted by atomic mass is 9.63. The smallest absolute Gasteiger partial charge is 0.346 e. The number of carbonyl (C=O) groups excluding carboxylic acids is 3. The fraction of sp³-hybridized carbons (Fsp3) is 0.421. The van der Waals surface area contributed by atoms with Crippen molar-refractivity contribution in [3.05, 3.63) is 93.5 Å². The van der Waals surface area contributed by atoms with Crippen LogP contribution in [0.5, 0.6) is 5.75 Å². The average molecular weight is 774 g/mol. The molecule has 14 heteroatoms. The molecule has 0 aromatic heterocycles. The van der Waals surface area contributed by atoms with Gasteiger partial charge in [0.25, 0.3) is 0 Å². The van der Waals surface area contributed by atoms with Crippen molar-refractivity contribution in [1.82, 2.24) is 4.90 Å². The van der Waals surface area contributed by atoms with Crippen LogP contribution in [0.4, 0.5) is 10.5 Å². The standard InChI is InChI=1S/C38H46Cl2N4O7S/c1-21(2)31(20-52(50,22(3)4)43-37(41)49)44-33(24-11-14-27(39)15-12-24)29(25-9-8-10-28(40)17-25)19-38(6,36(44)48)23(5)34(45)42-30-16-13-26(35(46)47)18-32(30)51-7/h8-18,21-23,29,31,33H,19-20H2,1-7H3,(H2,41,49)(H,42,45)(H,46,47)/t23-,29+,31+,33+,38+,52?/m0/s1. The average Bonchev–Trinajstić information content (AvgIpc) is 3.08. The number of benzene rings is 3. The summed E-state index contributed by atoms with van der Waals surface area (Å²) in [6.45, 7) is 10.6. The molecule has 1 aliphatic heterocycles. The quantitative estimate of drug-likeness (QED) is 0.168. The van der Waals surface area contributed by atoms with Crippen LogP contribution < -0.4 is 15.8 Å². The third-order valence-electron chi connectivity index (χ3n) is 10.1. The Hall–Kier alpha value is -4.13. The summed E-state index contributed by atoms with van der Waals surface area (Å²) in [6, 6.07) is 16.2. The van der Waals surface area contributed by atoms with E-state index in [0.717, 1.165) is 11.1 Å². The molecule has 1 saturated heterocycles. The lowest BCUT2D eigenvalue weighted by Crippen LogP contribution is -2.61. The second-order valence-corrected chi connectivity index (χ2v) is 17.8. The number of likely N-dealkylation sites (tertiary alicyclic amines) is 1. The number of nitrogens with one attached hydrogen (secondary N) is 1. The SMILES string of the molecule is COc1cc(C(=O)O)ccc1NC(=O)[C@H](C)[C@@]1(C)C[C@H](c2cccc(Cl)c2)[C@@H](c2ccc(Cl)cc2)N([C@H](CS(=O)(=NC(N)=O)C(C)C)C(C)C)C1=O. The van der Waals surface area contributed by atoms with E-state index in [4.69, 9.17) is 33.7 Å². The van der Waals surface area contributed by atoms with Gasteiger partial charge in [0.05, 0.1) is 45.3 Å². The molecular formula is C38H46Cl2N4O7S. The summed E-state index contributed by atoms with van der Waals surface area (Å²) >= 11 is 12.9. The number of halogens is 2. The zero-order valence-corrected chi connectivity index (χ0v) is 32.6. The molecule has 0 saturated carbocycles. The molecule has 0 bridgehead atoms. The molecule has 6 atom stereocenters. The van der Waals surface area contributed by atoms with Crippen molar-refractivity contribution in [2.24, 2.45) is 27.3 Å². The summed E-state index contributed by atoms with van der Waals surface area (Å²) < 4.78 is 23.7. The first-order valence-electron chi connectivity index (χ1n) is 16.9. The number of urea groups is 1. The van der Waals surface area contributed by atoms with Gasteiger partial charge in [0.2, 0.25) is 11.8 Å². The summed E-state index contributed by atoms with van der Waals surface area (Å²) in [4.78, 5) is 55.0. The molecule has 4 N–H and O–H groups in total. The van der Waals surface area contributed by atoms with Gasteiger partial charge < -0.3 is 25.8 Å². The first-order chi connectivity index (χ1) is 24.3. The Labute approximate surface area is 315 Å². The van der Waals surface area contributed by atoms with Gasteiger partial charge in [-0.15, -0.1) is 4.36 Å². The van der Waals surface area contributed by atoms with Crippen molar-refractivity contribution < 1.29 is 33.2 Å². The summed E-state index contributed by atoms with van der Waals surface area (Å²) in [7, 11) is -1.91. The minimum atomic E-state index is -3.28. The molecule has 3 aromatic carbocycles. The number of ether oxygens (including phenoxy) is 1. The summed E-state index contributed by atoms with van der Waals surface area (Å²) in [5.74, 6) is -3.67. The van der Waals surface area contributed by atoms with Gasteiger partial charge in [-0.3, -0.25) is 9.59 Å². The topological polar surface area (TPSA) is 168 Å². The van der Waals surface area contributed by atoms with Crippen molar-refractivity contribution in [1.29, 1.82) is 0 Å². The lowest BCUT2D eigenvalue weighted by Gasteiger charge is -2.54. The van der Waals surface area contributed by atoms with Gasteiger partial charge in [0.1, 0.15) is 5.75 Å². The number of rotatable bonds is 12. The fourth-order valence-electron chi connectivity index (χ4n) is 6.86. The second kappa shape index (κ2) is 16.3. The molecule has 0 radical (unpaired) electrons. The van der Waals surface area contributed by atoms with Gasteiger partial charge in [0.15, 0.2) is 0 Å². The van der Waals surface area contributed by atoms with E-state index in [1.807, 2.05) is 44.2 Å². The molecule has 0 aliphatic carbocycles. The van der Waals surface area contributed by atoms with E-state index >= 15 is 4.79 Å². The molecule has 11 nitrogen and oxygen atoms in total. The Bertz CT molecular complexity index is 1960. The monoisotopic (exact) mass is 772 g/mol. The number of hydrogen-bond acceptors (Lipinski definition) is 6. The minimum Gasteiger partial charge on any atom is -0.495 e. The number of carboxylic acid groups (broad SMARTS) is 1. The summed E-state index contributed by atoms with van der Waals surface area (Å²) in [6.07, 6.45) is 0.218. The van der Waals surface area contributed by atoms with Crippen LogP contribution in [-0.4, -0.2) is 62.2 Å². The molecule has 52 heavy (non-hydrogen) atoms. The van der Waals surface area contributed by atoms with Gasteiger partial charge >= 0.3 is 12.0 Å². The highest BCUT2D eigenvalue weighted by Crippen LogP contribution is 2.54. The number of piperidine rings is 1. The van der Waals surface area contributed by atoms with Crippen molar-refractivity contribution in [2.45, 2.75) is 71.2 Å². The van der Waals surface area contributed by atoms with Crippen molar-refractivity contribution in [2.75, 3.05) is 18.2 Å². The normalized spacial score (nSPS) is 21.3. The second-order valence-electron chi connectivity index (χ2n) is 14.1. The Kier molecular flexibility index (Phi) is 12.7. The maximum Gasteiger partial charge on any atom is 0.346 e. The minimum absolute atomic E-state index is 0.0219. The molecule has 3 aromatic rings. The first kappa shape index (κ1) is 40.6. The number of primary amides is 1. The number of nitrogens with two attached hydrogens (primary N) is 1. The maximum absolute atomic E-state index is 15.4. The number of hydrogen-bond donors (Lipinski definition) is 3. The Morgan fingerprint density at radius 3 is 2.21 bits per heavy atom. The number of carbonyl (C=O) groups is 4. The lowest BCUT2D eigenvalue weighted by molar-refractivity contribution is -0.161. The predicted molar refractivity (Wildman–Crippen MR) is 204 cm³/mol. The fourth-order valence-corrected chi connectivity index (χ4v) is 9.20. The molecule has 4 amide bonds. The van der Waals surface area contributed by atoms with E-state index in [2.05, 4.69) is 9.68 Å². The number of methoxy groups -OCH3 is 1. The molecule has 1 fully saturated rings. The van der Waals surface area contributed by atoms with Crippen LogP contribution in [-0.2, 0) is 19.3 Å². The Balaban J connectivity index is 1.95. The van der Waals surface area contributed by atoms with Crippen molar-refractivity contribution in [3.63, 3.8) is 0 Å². The van der Waals surface area contributed by atoms with E-state index in [-0.39, 0.29) is 41.0 Å². The van der Waals surface area contributed by atoms with Crippen molar-refractivity contribution in [3.8, 4) is 5.75 Å². The summed E-state index contributed by atoms with van der Waals surface area (Å²) in [5, 5.41) is 12.7. The molecule has 0 spiro atoms. The zero-order valence-electron chi connectivity index (χ0n) is 30.3. The van der Waals surface area contributed by atoms with Crippen LogP contribution in [0, 0.1) is 17.3 Å². The van der Waals surface area contributed by atoms with Crippen LogP contribution in [0.3, 0.4) is 0 Å². The van der Waals surface area contributed by atoms with Gasteiger partial charge in [-0.2, -0.15) is 0 Å². The van der Waals surface area contributed by atoms with Crippen molar-refractivity contribution >= 4 is 62.4 Å². The molecule has 1 heterocycles. The van der Waals surface area contributed by atoms with E-state index < -0.39 is 62.2 Å². The van der Waals surface area contributed by atoms with Crippen LogP contribution in [0.2, 0.25) is 10.0 Å². The molecular weight excluding hydrogens is 727 g/mol. The molecule has 1 aliphatic rings. The van der Waals surface area contributed by atoms with Crippen LogP contribution >= 0.6 is 23.2 Å². The van der Waals surface area contributed by atoms with Crippen LogP contribution in [0.25, 0.3) is 0 Å². The number of aromatic carboxylic acids is 1. The highest BCUT2D eigenvalue weighted by Gasteiger charge is 2.56. The number of nitrogens with zero attached hydrogens (tertiary/aromatic N) is 2. The predicted octanol–water partition coefficient (Wildman–Crippen LogP) is 8.02. The van der Waals surface area contributed by atoms with E-state index in [1.54, 1.807) is 50.8 Å². The number of carboxylic acids is 1. The number of amides is 4. The highest BCUT2D eigenvalue weighted by molar-refractivity contribution is 7.94. The Morgan fingerprint density at radius 2 is 1.67 bits per heavy atom. The molecule has 4 rings (SSSR count). The van der Waals surface area contributed by atoms with Gasteiger partial charge in [-0.05, 0) is 72.9 Å².